The maximum absolute atomic E-state index is 13.5. The van der Waals surface area contributed by atoms with Crippen LogP contribution >= 0.6 is 0 Å². The molecule has 1 saturated heterocycles. The number of nitrogens with two attached hydrogens (primary N) is 2. The highest BCUT2D eigenvalue weighted by Gasteiger charge is 2.55. The Labute approximate surface area is 176 Å². The molecule has 3 rings (SSSR count). The molecule has 2 aliphatic rings. The average Bonchev–Trinajstić information content (AvgIpc) is 3.29. The molecule has 1 aromatic rings. The summed E-state index contributed by atoms with van der Waals surface area (Å²) in [6, 6.07) is 2.80. The highest BCUT2D eigenvalue weighted by molar-refractivity contribution is 7.86. The SMILES string of the molecule is NC1CC1N(Cc1ccncc1)S(=O)(=O)N1C[C@H](CCCB(O)O)[C@](N)(C(=O)O)C1. The molecule has 0 amide bonds. The molecule has 2 fully saturated rings. The second kappa shape index (κ2) is 8.87. The van der Waals surface area contributed by atoms with Gasteiger partial charge in [-0.15, -0.1) is 0 Å². The van der Waals surface area contributed by atoms with Crippen LogP contribution in [0.4, 0.5) is 0 Å². The summed E-state index contributed by atoms with van der Waals surface area (Å²) in [7, 11) is -5.53. The van der Waals surface area contributed by atoms with Gasteiger partial charge in [-0.3, -0.25) is 9.78 Å². The van der Waals surface area contributed by atoms with Crippen molar-refractivity contribution in [1.82, 2.24) is 13.6 Å². The lowest BCUT2D eigenvalue weighted by Crippen LogP contribution is -2.55. The van der Waals surface area contributed by atoms with Gasteiger partial charge < -0.3 is 26.6 Å². The molecule has 11 nitrogen and oxygen atoms in total. The molecule has 0 spiro atoms. The summed E-state index contributed by atoms with van der Waals surface area (Å²) >= 11 is 0. The number of aromatic nitrogens is 1. The third-order valence-corrected chi connectivity index (χ3v) is 7.81. The molecule has 166 valence electrons. The van der Waals surface area contributed by atoms with E-state index in [9.17, 15) is 18.3 Å². The van der Waals surface area contributed by atoms with Gasteiger partial charge in [-0.2, -0.15) is 17.0 Å². The zero-order chi connectivity index (χ0) is 22.1. The van der Waals surface area contributed by atoms with E-state index < -0.39 is 34.8 Å². The van der Waals surface area contributed by atoms with Crippen LogP contribution in [0, 0.1) is 5.92 Å². The Morgan fingerprint density at radius 1 is 1.37 bits per heavy atom. The Morgan fingerprint density at radius 2 is 2.00 bits per heavy atom. The van der Waals surface area contributed by atoms with Crippen molar-refractivity contribution in [3.05, 3.63) is 30.1 Å². The van der Waals surface area contributed by atoms with Crippen LogP contribution in [0.3, 0.4) is 0 Å². The third kappa shape index (κ3) is 4.83. The largest absolute Gasteiger partial charge is 0.480 e. The number of carboxylic acids is 1. The van der Waals surface area contributed by atoms with E-state index in [2.05, 4.69) is 4.98 Å². The molecule has 1 aliphatic carbocycles. The Kier molecular flexibility index (Phi) is 6.82. The van der Waals surface area contributed by atoms with E-state index in [1.54, 1.807) is 24.5 Å². The minimum absolute atomic E-state index is 0.0541. The number of hydrogen-bond acceptors (Lipinski definition) is 8. The fourth-order valence-corrected chi connectivity index (χ4v) is 5.86. The Hall–Kier alpha value is -1.61. The fraction of sp³-hybridized carbons (Fsp3) is 0.647. The van der Waals surface area contributed by atoms with Crippen LogP contribution in [0.1, 0.15) is 24.8 Å². The van der Waals surface area contributed by atoms with Crippen molar-refractivity contribution in [1.29, 1.82) is 0 Å². The molecule has 2 heterocycles. The Morgan fingerprint density at radius 3 is 2.53 bits per heavy atom. The number of hydrogen-bond donors (Lipinski definition) is 5. The number of rotatable bonds is 10. The van der Waals surface area contributed by atoms with E-state index in [0.717, 1.165) is 9.87 Å². The lowest BCUT2D eigenvalue weighted by molar-refractivity contribution is -0.144. The van der Waals surface area contributed by atoms with Crippen LogP contribution in [0.2, 0.25) is 6.32 Å². The van der Waals surface area contributed by atoms with Crippen LogP contribution in [-0.4, -0.2) is 81.0 Å². The lowest BCUT2D eigenvalue weighted by atomic mass is 9.78. The smallest absolute Gasteiger partial charge is 0.451 e. The average molecular weight is 441 g/mol. The molecular formula is C17H28BN5O6S. The van der Waals surface area contributed by atoms with E-state index in [0.29, 0.717) is 12.8 Å². The minimum Gasteiger partial charge on any atom is -0.480 e. The highest BCUT2D eigenvalue weighted by Crippen LogP contribution is 2.37. The van der Waals surface area contributed by atoms with E-state index in [-0.39, 0.29) is 44.5 Å². The summed E-state index contributed by atoms with van der Waals surface area (Å²) in [5.41, 5.74) is 11.1. The highest BCUT2D eigenvalue weighted by atomic mass is 32.2. The van der Waals surface area contributed by atoms with Crippen LogP contribution < -0.4 is 11.5 Å². The number of carbonyl (C=O) groups is 1. The molecule has 0 radical (unpaired) electrons. The molecule has 2 unspecified atom stereocenters. The van der Waals surface area contributed by atoms with Crippen molar-refractivity contribution in [3.8, 4) is 0 Å². The quantitative estimate of drug-likeness (QED) is 0.261. The summed E-state index contributed by atoms with van der Waals surface area (Å²) in [6.45, 7) is -0.307. The normalized spacial score (nSPS) is 29.3. The molecule has 4 atom stereocenters. The third-order valence-electron chi connectivity index (χ3n) is 5.89. The van der Waals surface area contributed by atoms with Crippen molar-refractivity contribution >= 4 is 23.3 Å². The zero-order valence-corrected chi connectivity index (χ0v) is 17.4. The molecule has 1 aliphatic heterocycles. The van der Waals surface area contributed by atoms with Crippen molar-refractivity contribution in [2.75, 3.05) is 13.1 Å². The second-order valence-corrected chi connectivity index (χ2v) is 10.0. The molecule has 30 heavy (non-hydrogen) atoms. The van der Waals surface area contributed by atoms with Crippen molar-refractivity contribution < 1.29 is 28.4 Å². The van der Waals surface area contributed by atoms with Gasteiger partial charge in [0.05, 0.1) is 0 Å². The van der Waals surface area contributed by atoms with Crippen molar-refractivity contribution in [2.45, 2.75) is 49.8 Å². The van der Waals surface area contributed by atoms with E-state index in [1.165, 1.54) is 4.31 Å². The summed E-state index contributed by atoms with van der Waals surface area (Å²) < 4.78 is 29.3. The monoisotopic (exact) mass is 441 g/mol. The maximum Gasteiger partial charge on any atom is 0.451 e. The first-order valence-electron chi connectivity index (χ1n) is 9.85. The summed E-state index contributed by atoms with van der Waals surface area (Å²) in [6.07, 6.45) is 4.32. The van der Waals surface area contributed by atoms with Crippen LogP contribution in [-0.2, 0) is 21.5 Å². The molecular weight excluding hydrogens is 413 g/mol. The van der Waals surface area contributed by atoms with Gasteiger partial charge >= 0.3 is 13.1 Å². The number of aliphatic carboxylic acids is 1. The lowest BCUT2D eigenvalue weighted by Gasteiger charge is -2.28. The first-order chi connectivity index (χ1) is 14.1. The molecule has 7 N–H and O–H groups in total. The predicted molar refractivity (Wildman–Crippen MR) is 109 cm³/mol. The van der Waals surface area contributed by atoms with Crippen LogP contribution in [0.15, 0.2) is 24.5 Å². The van der Waals surface area contributed by atoms with Gasteiger partial charge in [0.2, 0.25) is 0 Å². The fourth-order valence-electron chi connectivity index (χ4n) is 3.93. The standard InChI is InChI=1S/C17H28BN5O6S/c19-14-8-15(14)23(9-12-3-6-21-7-4-12)30(28,29)22-10-13(2-1-5-18(26)27)17(20,11-22)16(24)25/h3-4,6-7,13-15,26-27H,1-2,5,8-11,19-20H2,(H,24,25)/t13-,14?,15?,17-/m0/s1. The second-order valence-electron chi connectivity index (χ2n) is 8.12. The number of nitrogens with zero attached hydrogens (tertiary/aromatic N) is 3. The van der Waals surface area contributed by atoms with Gasteiger partial charge in [-0.25, -0.2) is 0 Å². The van der Waals surface area contributed by atoms with Crippen molar-refractivity contribution in [3.63, 3.8) is 0 Å². The van der Waals surface area contributed by atoms with Gasteiger partial charge in [-0.05, 0) is 36.9 Å². The Balaban J connectivity index is 1.81. The molecule has 13 heteroatoms. The van der Waals surface area contributed by atoms with E-state index in [1.807, 2.05) is 0 Å². The van der Waals surface area contributed by atoms with Gasteiger partial charge in [0.1, 0.15) is 5.54 Å². The molecule has 1 aromatic heterocycles. The predicted octanol–water partition coefficient (Wildman–Crippen LogP) is -1.81. The van der Waals surface area contributed by atoms with Crippen molar-refractivity contribution in [2.24, 2.45) is 17.4 Å². The van der Waals surface area contributed by atoms with Gasteiger partial charge in [-0.1, -0.05) is 6.42 Å². The Bertz CT molecular complexity index is 859. The summed E-state index contributed by atoms with van der Waals surface area (Å²) in [5.74, 6) is -1.93. The first-order valence-corrected chi connectivity index (χ1v) is 11.2. The summed E-state index contributed by atoms with van der Waals surface area (Å²) in [4.78, 5) is 15.8. The van der Waals surface area contributed by atoms with Gasteiger partial charge in [0.15, 0.2) is 0 Å². The zero-order valence-electron chi connectivity index (χ0n) is 16.5. The molecule has 0 bridgehead atoms. The topological polar surface area (TPSA) is 183 Å². The molecule has 0 aromatic carbocycles. The van der Waals surface area contributed by atoms with Gasteiger partial charge in [0, 0.05) is 50.0 Å². The maximum atomic E-state index is 13.5. The van der Waals surface area contributed by atoms with E-state index >= 15 is 0 Å². The van der Waals surface area contributed by atoms with Crippen LogP contribution in [0.25, 0.3) is 0 Å². The number of carboxylic acid groups (broad SMARTS) is 1. The molecule has 1 saturated carbocycles. The number of pyridine rings is 1. The minimum atomic E-state index is -4.02. The summed E-state index contributed by atoms with van der Waals surface area (Å²) in [5, 5.41) is 27.7. The van der Waals surface area contributed by atoms with E-state index in [4.69, 9.17) is 21.5 Å². The van der Waals surface area contributed by atoms with Gasteiger partial charge in [0.25, 0.3) is 10.2 Å². The first kappa shape index (κ1) is 23.1. The van der Waals surface area contributed by atoms with Crippen LogP contribution in [0.5, 0.6) is 0 Å².